The molecule has 0 spiro atoms. The minimum Gasteiger partial charge on any atom is -0.480 e. The third-order valence-electron chi connectivity index (χ3n) is 1.79. The highest BCUT2D eigenvalue weighted by Gasteiger charge is 1.93. The van der Waals surface area contributed by atoms with Crippen LogP contribution in [0.1, 0.15) is 6.42 Å². The average Bonchev–Trinajstić information content (AvgIpc) is 2.20. The zero-order valence-corrected chi connectivity index (χ0v) is 9.31. The predicted octanol–water partition coefficient (Wildman–Crippen LogP) is -1.59. The summed E-state index contributed by atoms with van der Waals surface area (Å²) in [4.78, 5) is 10.1. The van der Waals surface area contributed by atoms with Crippen molar-refractivity contribution in [3.8, 4) is 0 Å². The summed E-state index contributed by atoms with van der Waals surface area (Å²) in [6.07, 6.45) is 1.04. The van der Waals surface area contributed by atoms with Crippen molar-refractivity contribution in [3.63, 3.8) is 0 Å². The second kappa shape index (κ2) is 11.4. The molecule has 0 atom stereocenters. The summed E-state index contributed by atoms with van der Waals surface area (Å²) in [6.45, 7) is 4.38. The number of likely N-dealkylation sites (N-methyl/N-ethyl adjacent to an activating group) is 1. The van der Waals surface area contributed by atoms with Crippen molar-refractivity contribution >= 4 is 5.97 Å². The van der Waals surface area contributed by atoms with E-state index in [0.717, 1.165) is 32.6 Å². The zero-order valence-electron chi connectivity index (χ0n) is 9.31. The van der Waals surface area contributed by atoms with Gasteiger partial charge in [0.05, 0.1) is 6.54 Å². The van der Waals surface area contributed by atoms with Gasteiger partial charge < -0.3 is 21.1 Å². The topological polar surface area (TPSA) is 85.4 Å². The Kier molecular flexibility index (Phi) is 10.9. The van der Waals surface area contributed by atoms with Gasteiger partial charge in [-0.3, -0.25) is 10.1 Å². The molecule has 0 saturated heterocycles. The van der Waals surface area contributed by atoms with E-state index >= 15 is 0 Å². The number of carboxylic acids is 1. The van der Waals surface area contributed by atoms with Crippen molar-refractivity contribution in [2.75, 3.05) is 46.4 Å². The van der Waals surface area contributed by atoms with Crippen LogP contribution in [0.3, 0.4) is 0 Å². The van der Waals surface area contributed by atoms with Crippen LogP contribution in [0.2, 0.25) is 0 Å². The average molecular weight is 218 g/mol. The van der Waals surface area contributed by atoms with Gasteiger partial charge in [-0.25, -0.2) is 0 Å². The summed E-state index contributed by atoms with van der Waals surface area (Å²) in [5.41, 5.74) is 0. The molecule has 0 aromatic rings. The molecule has 0 aliphatic rings. The molecule has 0 heterocycles. The molecule has 15 heavy (non-hydrogen) atoms. The molecule has 0 aliphatic heterocycles. The van der Waals surface area contributed by atoms with E-state index in [1.165, 1.54) is 0 Å². The lowest BCUT2D eigenvalue weighted by Gasteiger charge is -2.06. The molecule has 0 unspecified atom stereocenters. The summed E-state index contributed by atoms with van der Waals surface area (Å²) in [5, 5.41) is 20.5. The molecule has 6 nitrogen and oxygen atoms in total. The molecule has 0 aromatic carbocycles. The lowest BCUT2D eigenvalue weighted by Crippen LogP contribution is -2.34. The van der Waals surface area contributed by atoms with Crippen LogP contribution >= 0.6 is 0 Å². The first kappa shape index (κ1) is 14.3. The molecule has 0 saturated carbocycles. The van der Waals surface area contributed by atoms with Crippen LogP contribution in [0.25, 0.3) is 0 Å². The third-order valence-corrected chi connectivity index (χ3v) is 1.79. The Hall–Kier alpha value is -0.690. The highest BCUT2D eigenvalue weighted by Crippen LogP contribution is 1.71. The molecule has 0 fully saturated rings. The van der Waals surface area contributed by atoms with E-state index in [2.05, 4.69) is 21.3 Å². The quantitative estimate of drug-likeness (QED) is 0.212. The number of hydrogen-bond acceptors (Lipinski definition) is 5. The maximum atomic E-state index is 10.1. The number of hydrogen-bond donors (Lipinski definition) is 5. The maximum absolute atomic E-state index is 10.1. The second-order valence-electron chi connectivity index (χ2n) is 3.20. The molecule has 0 bridgehead atoms. The van der Waals surface area contributed by atoms with Crippen molar-refractivity contribution < 1.29 is 9.90 Å². The molecule has 0 radical (unpaired) electrons. The van der Waals surface area contributed by atoms with E-state index in [0.29, 0.717) is 6.67 Å². The van der Waals surface area contributed by atoms with E-state index in [9.17, 15) is 4.79 Å². The Bertz CT molecular complexity index is 155. The first-order valence-corrected chi connectivity index (χ1v) is 5.26. The fraction of sp³-hybridized carbons (Fsp3) is 0.889. The fourth-order valence-corrected chi connectivity index (χ4v) is 1.02. The number of carbonyl (C=O) groups is 1. The van der Waals surface area contributed by atoms with Gasteiger partial charge in [-0.2, -0.15) is 0 Å². The van der Waals surface area contributed by atoms with Crippen LogP contribution in [0.5, 0.6) is 0 Å². The maximum Gasteiger partial charge on any atom is 0.317 e. The Morgan fingerprint density at radius 2 is 1.80 bits per heavy atom. The Labute approximate surface area is 90.8 Å². The van der Waals surface area contributed by atoms with Gasteiger partial charge in [0.25, 0.3) is 0 Å². The molecule has 0 aromatic heterocycles. The highest BCUT2D eigenvalue weighted by atomic mass is 16.4. The summed E-state index contributed by atoms with van der Waals surface area (Å²) >= 11 is 0. The Balaban J connectivity index is 2.89. The van der Waals surface area contributed by atoms with Gasteiger partial charge in [-0.05, 0) is 26.6 Å². The van der Waals surface area contributed by atoms with Gasteiger partial charge in [0.2, 0.25) is 0 Å². The zero-order chi connectivity index (χ0) is 11.4. The molecule has 5 N–H and O–H groups in total. The lowest BCUT2D eigenvalue weighted by molar-refractivity contribution is -0.135. The van der Waals surface area contributed by atoms with E-state index in [1.54, 1.807) is 0 Å². The lowest BCUT2D eigenvalue weighted by atomic mass is 10.4. The normalized spacial score (nSPS) is 10.5. The predicted molar refractivity (Wildman–Crippen MR) is 59.9 cm³/mol. The van der Waals surface area contributed by atoms with Crippen LogP contribution in [-0.4, -0.2) is 57.5 Å². The highest BCUT2D eigenvalue weighted by molar-refractivity contribution is 5.68. The van der Waals surface area contributed by atoms with Crippen molar-refractivity contribution in [1.82, 2.24) is 21.3 Å². The molecule has 6 heteroatoms. The summed E-state index contributed by atoms with van der Waals surface area (Å²) in [7, 11) is 1.93. The number of aliphatic carboxylic acids is 1. The first-order chi connectivity index (χ1) is 7.27. The van der Waals surface area contributed by atoms with Crippen LogP contribution < -0.4 is 21.3 Å². The fourth-order valence-electron chi connectivity index (χ4n) is 1.02. The smallest absolute Gasteiger partial charge is 0.317 e. The largest absolute Gasteiger partial charge is 0.480 e. The van der Waals surface area contributed by atoms with Crippen molar-refractivity contribution in [2.24, 2.45) is 0 Å². The van der Waals surface area contributed by atoms with Gasteiger partial charge in [-0.15, -0.1) is 0 Å². The van der Waals surface area contributed by atoms with Gasteiger partial charge in [0.1, 0.15) is 0 Å². The van der Waals surface area contributed by atoms with E-state index in [-0.39, 0.29) is 6.54 Å². The number of nitrogens with one attached hydrogen (secondary N) is 4. The monoisotopic (exact) mass is 218 g/mol. The molecule has 0 aliphatic carbocycles. The van der Waals surface area contributed by atoms with Crippen LogP contribution in [0, 0.1) is 0 Å². The van der Waals surface area contributed by atoms with Gasteiger partial charge in [-0.1, -0.05) is 0 Å². The number of rotatable bonds is 11. The van der Waals surface area contributed by atoms with Crippen molar-refractivity contribution in [3.05, 3.63) is 0 Å². The summed E-state index contributed by atoms with van der Waals surface area (Å²) in [5.74, 6) is -0.828. The van der Waals surface area contributed by atoms with Crippen LogP contribution in [0.4, 0.5) is 0 Å². The van der Waals surface area contributed by atoms with Crippen LogP contribution in [-0.2, 0) is 4.79 Å². The van der Waals surface area contributed by atoms with Gasteiger partial charge in [0, 0.05) is 19.8 Å². The summed E-state index contributed by atoms with van der Waals surface area (Å²) < 4.78 is 0. The molecule has 0 rings (SSSR count). The molecular formula is C9H22N4O2. The first-order valence-electron chi connectivity index (χ1n) is 5.26. The Morgan fingerprint density at radius 3 is 2.47 bits per heavy atom. The van der Waals surface area contributed by atoms with E-state index in [1.807, 2.05) is 7.05 Å². The van der Waals surface area contributed by atoms with Gasteiger partial charge >= 0.3 is 5.97 Å². The van der Waals surface area contributed by atoms with Crippen molar-refractivity contribution in [1.29, 1.82) is 0 Å². The number of carboxylic acid groups (broad SMARTS) is 1. The standard InChI is InChI=1S/C9H22N4O2/c1-10-5-6-11-3-2-4-12-8-13-7-9(14)15/h10-13H,2-8H2,1H3,(H,14,15). The molecular weight excluding hydrogens is 196 g/mol. The minimum atomic E-state index is -0.828. The second-order valence-corrected chi connectivity index (χ2v) is 3.20. The SMILES string of the molecule is CNCCNCCCNCNCC(=O)O. The molecule has 90 valence electrons. The van der Waals surface area contributed by atoms with E-state index < -0.39 is 5.97 Å². The van der Waals surface area contributed by atoms with Crippen molar-refractivity contribution in [2.45, 2.75) is 6.42 Å². The van der Waals surface area contributed by atoms with Gasteiger partial charge in [0.15, 0.2) is 0 Å². The van der Waals surface area contributed by atoms with Crippen LogP contribution in [0.15, 0.2) is 0 Å². The van der Waals surface area contributed by atoms with E-state index in [4.69, 9.17) is 5.11 Å². The third kappa shape index (κ3) is 13.3. The summed E-state index contributed by atoms with van der Waals surface area (Å²) in [6, 6.07) is 0. The molecule has 0 amide bonds. The Morgan fingerprint density at radius 1 is 1.07 bits per heavy atom. The minimum absolute atomic E-state index is 0.00736.